The molecule has 18 heavy (non-hydrogen) atoms. The average molecular weight is 238 g/mol. The standard InChI is InChI=1S/C16H18N2/c1-17-15-5-2-12(3-6-15)10-13-4-7-16-14(11-13)8-9-18-16/h2-7,11,17-18H,8-10H2,1H3. The molecule has 2 heteroatoms. The summed E-state index contributed by atoms with van der Waals surface area (Å²) in [6.45, 7) is 1.08. The smallest absolute Gasteiger partial charge is 0.0373 e. The summed E-state index contributed by atoms with van der Waals surface area (Å²) in [5, 5.41) is 6.54. The van der Waals surface area contributed by atoms with Gasteiger partial charge >= 0.3 is 0 Å². The van der Waals surface area contributed by atoms with E-state index in [9.17, 15) is 0 Å². The van der Waals surface area contributed by atoms with Crippen LogP contribution in [0.3, 0.4) is 0 Å². The first-order valence-corrected chi connectivity index (χ1v) is 6.47. The number of fused-ring (bicyclic) bond motifs is 1. The third-order valence-corrected chi connectivity index (χ3v) is 3.53. The molecule has 0 aromatic heterocycles. The molecular formula is C16H18N2. The Labute approximate surface area is 108 Å². The lowest BCUT2D eigenvalue weighted by molar-refractivity contribution is 1.10. The summed E-state index contributed by atoms with van der Waals surface area (Å²) in [6, 6.07) is 15.4. The van der Waals surface area contributed by atoms with Crippen molar-refractivity contribution in [3.63, 3.8) is 0 Å². The zero-order valence-electron chi connectivity index (χ0n) is 10.7. The quantitative estimate of drug-likeness (QED) is 0.857. The number of nitrogens with one attached hydrogen (secondary N) is 2. The van der Waals surface area contributed by atoms with Gasteiger partial charge in [0, 0.05) is 25.0 Å². The Morgan fingerprint density at radius 1 is 1.06 bits per heavy atom. The maximum absolute atomic E-state index is 3.40. The first kappa shape index (κ1) is 11.1. The Bertz CT molecular complexity index is 544. The fourth-order valence-corrected chi connectivity index (χ4v) is 2.49. The van der Waals surface area contributed by atoms with Crippen LogP contribution >= 0.6 is 0 Å². The summed E-state index contributed by atoms with van der Waals surface area (Å²) in [4.78, 5) is 0. The van der Waals surface area contributed by atoms with Crippen molar-refractivity contribution in [3.8, 4) is 0 Å². The minimum absolute atomic E-state index is 1.01. The lowest BCUT2D eigenvalue weighted by atomic mass is 10.0. The molecule has 0 radical (unpaired) electrons. The van der Waals surface area contributed by atoms with Gasteiger partial charge in [0.1, 0.15) is 0 Å². The van der Waals surface area contributed by atoms with Crippen LogP contribution in [0.1, 0.15) is 16.7 Å². The van der Waals surface area contributed by atoms with Gasteiger partial charge in [0.2, 0.25) is 0 Å². The summed E-state index contributed by atoms with van der Waals surface area (Å²) < 4.78 is 0. The van der Waals surface area contributed by atoms with Crippen LogP contribution in [0.25, 0.3) is 0 Å². The van der Waals surface area contributed by atoms with Crippen molar-refractivity contribution in [2.75, 3.05) is 24.2 Å². The van der Waals surface area contributed by atoms with E-state index in [2.05, 4.69) is 53.1 Å². The highest BCUT2D eigenvalue weighted by molar-refractivity contribution is 5.57. The predicted octanol–water partition coefficient (Wildman–Crippen LogP) is 3.29. The number of hydrogen-bond donors (Lipinski definition) is 2. The molecule has 0 saturated carbocycles. The van der Waals surface area contributed by atoms with E-state index in [0.29, 0.717) is 0 Å². The third-order valence-electron chi connectivity index (χ3n) is 3.53. The molecule has 0 unspecified atom stereocenters. The average Bonchev–Trinajstić information content (AvgIpc) is 2.87. The van der Waals surface area contributed by atoms with Crippen molar-refractivity contribution < 1.29 is 0 Å². The molecule has 92 valence electrons. The summed E-state index contributed by atoms with van der Waals surface area (Å²) >= 11 is 0. The highest BCUT2D eigenvalue weighted by atomic mass is 14.9. The second-order valence-corrected chi connectivity index (χ2v) is 4.79. The Morgan fingerprint density at radius 2 is 1.83 bits per heavy atom. The molecule has 1 aliphatic rings. The van der Waals surface area contributed by atoms with E-state index < -0.39 is 0 Å². The van der Waals surface area contributed by atoms with Crippen LogP contribution in [0.5, 0.6) is 0 Å². The highest BCUT2D eigenvalue weighted by Crippen LogP contribution is 2.24. The van der Waals surface area contributed by atoms with Crippen molar-refractivity contribution in [2.24, 2.45) is 0 Å². The minimum atomic E-state index is 1.01. The van der Waals surface area contributed by atoms with Crippen molar-refractivity contribution >= 4 is 11.4 Å². The minimum Gasteiger partial charge on any atom is -0.388 e. The van der Waals surface area contributed by atoms with Gasteiger partial charge in [0.25, 0.3) is 0 Å². The normalized spacial score (nSPS) is 12.9. The molecule has 1 aliphatic heterocycles. The number of rotatable bonds is 3. The molecule has 2 nitrogen and oxygen atoms in total. The fourth-order valence-electron chi connectivity index (χ4n) is 2.49. The SMILES string of the molecule is CNc1ccc(Cc2ccc3c(c2)CCN3)cc1. The molecular weight excluding hydrogens is 220 g/mol. The van der Waals surface area contributed by atoms with Crippen LogP contribution in [-0.4, -0.2) is 13.6 Å². The molecule has 2 aromatic carbocycles. The molecule has 0 atom stereocenters. The van der Waals surface area contributed by atoms with Gasteiger partial charge in [-0.1, -0.05) is 24.3 Å². The van der Waals surface area contributed by atoms with Crippen LogP contribution in [0.2, 0.25) is 0 Å². The molecule has 0 fully saturated rings. The van der Waals surface area contributed by atoms with Gasteiger partial charge in [0.15, 0.2) is 0 Å². The van der Waals surface area contributed by atoms with Gasteiger partial charge in [-0.2, -0.15) is 0 Å². The van der Waals surface area contributed by atoms with E-state index in [1.165, 1.54) is 22.4 Å². The van der Waals surface area contributed by atoms with Gasteiger partial charge in [-0.05, 0) is 47.7 Å². The highest BCUT2D eigenvalue weighted by Gasteiger charge is 2.09. The van der Waals surface area contributed by atoms with Crippen molar-refractivity contribution in [1.29, 1.82) is 0 Å². The second-order valence-electron chi connectivity index (χ2n) is 4.79. The van der Waals surface area contributed by atoms with E-state index in [-0.39, 0.29) is 0 Å². The molecule has 2 aromatic rings. The molecule has 3 rings (SSSR count). The van der Waals surface area contributed by atoms with Gasteiger partial charge in [-0.15, -0.1) is 0 Å². The first-order chi connectivity index (χ1) is 8.85. The van der Waals surface area contributed by atoms with E-state index >= 15 is 0 Å². The first-order valence-electron chi connectivity index (χ1n) is 6.47. The van der Waals surface area contributed by atoms with Gasteiger partial charge < -0.3 is 10.6 Å². The second kappa shape index (κ2) is 4.73. The summed E-state index contributed by atoms with van der Waals surface area (Å²) in [5.74, 6) is 0. The maximum Gasteiger partial charge on any atom is 0.0373 e. The lowest BCUT2D eigenvalue weighted by Gasteiger charge is -2.06. The largest absolute Gasteiger partial charge is 0.388 e. The number of benzene rings is 2. The number of hydrogen-bond acceptors (Lipinski definition) is 2. The molecule has 0 aliphatic carbocycles. The van der Waals surface area contributed by atoms with Crippen molar-refractivity contribution in [1.82, 2.24) is 0 Å². The molecule has 0 bridgehead atoms. The topological polar surface area (TPSA) is 24.1 Å². The van der Waals surface area contributed by atoms with E-state index in [4.69, 9.17) is 0 Å². The zero-order valence-corrected chi connectivity index (χ0v) is 10.7. The Balaban J connectivity index is 1.79. The Kier molecular flexibility index (Phi) is 2.93. The Hall–Kier alpha value is -1.96. The Morgan fingerprint density at radius 3 is 2.61 bits per heavy atom. The monoisotopic (exact) mass is 238 g/mol. The summed E-state index contributed by atoms with van der Waals surface area (Å²) in [5.41, 5.74) is 6.69. The van der Waals surface area contributed by atoms with Crippen molar-refractivity contribution in [3.05, 3.63) is 59.2 Å². The molecule has 0 spiro atoms. The van der Waals surface area contributed by atoms with Crippen LogP contribution in [0, 0.1) is 0 Å². The zero-order chi connectivity index (χ0) is 12.4. The number of anilines is 2. The fraction of sp³-hybridized carbons (Fsp3) is 0.250. The van der Waals surface area contributed by atoms with Crippen LogP contribution < -0.4 is 10.6 Å². The van der Waals surface area contributed by atoms with E-state index in [0.717, 1.165) is 25.1 Å². The molecule has 0 amide bonds. The van der Waals surface area contributed by atoms with Gasteiger partial charge in [0.05, 0.1) is 0 Å². The van der Waals surface area contributed by atoms with Gasteiger partial charge in [-0.3, -0.25) is 0 Å². The van der Waals surface area contributed by atoms with Crippen LogP contribution in [-0.2, 0) is 12.8 Å². The van der Waals surface area contributed by atoms with Crippen molar-refractivity contribution in [2.45, 2.75) is 12.8 Å². The summed E-state index contributed by atoms with van der Waals surface area (Å²) in [7, 11) is 1.95. The third kappa shape index (κ3) is 2.19. The lowest BCUT2D eigenvalue weighted by Crippen LogP contribution is -1.92. The molecule has 0 saturated heterocycles. The van der Waals surface area contributed by atoms with Gasteiger partial charge in [-0.25, -0.2) is 0 Å². The summed E-state index contributed by atoms with van der Waals surface area (Å²) in [6.07, 6.45) is 2.17. The predicted molar refractivity (Wildman–Crippen MR) is 77.4 cm³/mol. The molecule has 1 heterocycles. The van der Waals surface area contributed by atoms with E-state index in [1.54, 1.807) is 0 Å². The molecule has 2 N–H and O–H groups in total. The van der Waals surface area contributed by atoms with Crippen LogP contribution in [0.15, 0.2) is 42.5 Å². The van der Waals surface area contributed by atoms with Crippen LogP contribution in [0.4, 0.5) is 11.4 Å². The maximum atomic E-state index is 3.40. The van der Waals surface area contributed by atoms with E-state index in [1.807, 2.05) is 7.05 Å².